The summed E-state index contributed by atoms with van der Waals surface area (Å²) in [5.74, 6) is 0.127. The molecule has 1 heterocycles. The Morgan fingerprint density at radius 3 is 2.52 bits per heavy atom. The predicted molar refractivity (Wildman–Crippen MR) is 87.1 cm³/mol. The van der Waals surface area contributed by atoms with Gasteiger partial charge in [0.25, 0.3) is 5.91 Å². The number of carbonyl (C=O) groups excluding carboxylic acids is 1. The maximum Gasteiger partial charge on any atom is 0.252 e. The van der Waals surface area contributed by atoms with E-state index in [2.05, 4.69) is 10.2 Å². The van der Waals surface area contributed by atoms with Crippen molar-refractivity contribution in [3.8, 4) is 0 Å². The van der Waals surface area contributed by atoms with Crippen LogP contribution in [-0.4, -0.2) is 17.6 Å². The fourth-order valence-corrected chi connectivity index (χ4v) is 2.85. The quantitative estimate of drug-likeness (QED) is 0.444. The van der Waals surface area contributed by atoms with Gasteiger partial charge in [-0.15, -0.1) is 5.10 Å². The number of carbonyl (C=O) groups is 1. The first-order valence-electron chi connectivity index (χ1n) is 7.17. The molecule has 6 N–H and O–H groups in total. The topological polar surface area (TPSA) is 133 Å². The fraction of sp³-hybridized carbons (Fsp3) is 0.188. The molecule has 0 saturated heterocycles. The first-order valence-corrected chi connectivity index (χ1v) is 7.17. The van der Waals surface area contributed by atoms with Crippen molar-refractivity contribution in [3.05, 3.63) is 59.0 Å². The van der Waals surface area contributed by atoms with Crippen molar-refractivity contribution < 1.29 is 9.21 Å². The molecule has 1 aromatic heterocycles. The number of nitrogens with zero attached hydrogens (tertiary/aromatic N) is 2. The Bertz CT molecular complexity index is 788. The first kappa shape index (κ1) is 14.8. The lowest BCUT2D eigenvalue weighted by molar-refractivity contribution is 0.0999. The minimum absolute atomic E-state index is 0.148. The minimum atomic E-state index is -0.564. The molecule has 0 aliphatic heterocycles. The molecule has 23 heavy (non-hydrogen) atoms. The summed E-state index contributed by atoms with van der Waals surface area (Å²) in [5.41, 5.74) is 18.8. The summed E-state index contributed by atoms with van der Waals surface area (Å²) in [6, 6.07) is 10.0. The number of primary amides is 1. The number of rotatable bonds is 3. The monoisotopic (exact) mass is 311 g/mol. The second-order valence-electron chi connectivity index (χ2n) is 5.40. The lowest BCUT2D eigenvalue weighted by atomic mass is 9.81. The lowest BCUT2D eigenvalue weighted by Gasteiger charge is -2.23. The molecule has 1 aromatic carbocycles. The van der Waals surface area contributed by atoms with Gasteiger partial charge in [0, 0.05) is 6.42 Å². The normalized spacial score (nSPS) is 18.4. The van der Waals surface area contributed by atoms with E-state index < -0.39 is 5.91 Å². The average molecular weight is 311 g/mol. The van der Waals surface area contributed by atoms with Gasteiger partial charge in [0.2, 0.25) is 5.96 Å². The van der Waals surface area contributed by atoms with Gasteiger partial charge in [-0.2, -0.15) is 5.10 Å². The summed E-state index contributed by atoms with van der Waals surface area (Å²) < 4.78 is 5.54. The SMILES string of the molecule is NC(=O)c1coc2c1C(=NN=C(N)N)CC(c1ccccc1)C2. The number of fused-ring (bicyclic) bond motifs is 1. The fourth-order valence-electron chi connectivity index (χ4n) is 2.85. The molecule has 0 radical (unpaired) electrons. The van der Waals surface area contributed by atoms with Crippen LogP contribution in [0, 0.1) is 0 Å². The van der Waals surface area contributed by atoms with Crippen molar-refractivity contribution in [3.63, 3.8) is 0 Å². The van der Waals surface area contributed by atoms with Crippen LogP contribution in [0.15, 0.2) is 51.2 Å². The van der Waals surface area contributed by atoms with Gasteiger partial charge in [-0.05, 0) is 17.9 Å². The molecule has 3 rings (SSSR count). The van der Waals surface area contributed by atoms with Gasteiger partial charge >= 0.3 is 0 Å². The second kappa shape index (κ2) is 5.96. The van der Waals surface area contributed by atoms with Crippen LogP contribution in [0.3, 0.4) is 0 Å². The Morgan fingerprint density at radius 2 is 1.87 bits per heavy atom. The molecule has 0 spiro atoms. The molecule has 1 atom stereocenters. The van der Waals surface area contributed by atoms with Gasteiger partial charge in [0.1, 0.15) is 12.0 Å². The molecular weight excluding hydrogens is 294 g/mol. The van der Waals surface area contributed by atoms with Gasteiger partial charge in [-0.1, -0.05) is 30.3 Å². The Hall–Kier alpha value is -3.09. The van der Waals surface area contributed by atoms with Gasteiger partial charge in [-0.25, -0.2) is 0 Å². The number of hydrogen-bond acceptors (Lipinski definition) is 4. The summed E-state index contributed by atoms with van der Waals surface area (Å²) >= 11 is 0. The predicted octanol–water partition coefficient (Wildman–Crippen LogP) is 1.09. The third kappa shape index (κ3) is 2.94. The van der Waals surface area contributed by atoms with E-state index in [-0.39, 0.29) is 11.9 Å². The first-order chi connectivity index (χ1) is 11.1. The lowest BCUT2D eigenvalue weighted by Crippen LogP contribution is -2.24. The van der Waals surface area contributed by atoms with Gasteiger partial charge in [-0.3, -0.25) is 4.79 Å². The van der Waals surface area contributed by atoms with Crippen molar-refractivity contribution in [2.75, 3.05) is 0 Å². The van der Waals surface area contributed by atoms with Gasteiger partial charge in [0.05, 0.1) is 16.8 Å². The highest BCUT2D eigenvalue weighted by molar-refractivity contribution is 6.11. The van der Waals surface area contributed by atoms with Crippen LogP contribution in [0.1, 0.15) is 39.6 Å². The number of benzene rings is 1. The highest BCUT2D eigenvalue weighted by Crippen LogP contribution is 2.35. The van der Waals surface area contributed by atoms with Crippen molar-refractivity contribution in [2.24, 2.45) is 27.4 Å². The largest absolute Gasteiger partial charge is 0.468 e. The number of furan rings is 1. The molecular formula is C16H17N5O2. The summed E-state index contributed by atoms with van der Waals surface area (Å²) in [6.07, 6.45) is 2.62. The van der Waals surface area contributed by atoms with E-state index in [9.17, 15) is 4.79 Å². The van der Waals surface area contributed by atoms with Crippen molar-refractivity contribution >= 4 is 17.6 Å². The third-order valence-electron chi connectivity index (χ3n) is 3.85. The van der Waals surface area contributed by atoms with Gasteiger partial charge in [0.15, 0.2) is 0 Å². The molecule has 1 unspecified atom stereocenters. The van der Waals surface area contributed by atoms with E-state index in [0.717, 1.165) is 5.56 Å². The maximum atomic E-state index is 11.6. The van der Waals surface area contributed by atoms with E-state index in [0.29, 0.717) is 35.4 Å². The highest BCUT2D eigenvalue weighted by Gasteiger charge is 2.31. The average Bonchev–Trinajstić information content (AvgIpc) is 2.97. The second-order valence-corrected chi connectivity index (χ2v) is 5.40. The smallest absolute Gasteiger partial charge is 0.252 e. The van der Waals surface area contributed by atoms with Crippen LogP contribution >= 0.6 is 0 Å². The Morgan fingerprint density at radius 1 is 1.13 bits per heavy atom. The summed E-state index contributed by atoms with van der Waals surface area (Å²) in [6.45, 7) is 0. The third-order valence-corrected chi connectivity index (χ3v) is 3.85. The van der Waals surface area contributed by atoms with E-state index in [1.807, 2.05) is 30.3 Å². The zero-order chi connectivity index (χ0) is 16.4. The number of guanidine groups is 1. The standard InChI is InChI=1S/C16H17N5O2/c17-15(22)11-8-23-13-7-10(9-4-2-1-3-5-9)6-12(14(11)13)20-21-16(18)19/h1-5,8,10H,6-7H2,(H2,17,22)(H4,18,19,21). The van der Waals surface area contributed by atoms with Crippen LogP contribution in [0.4, 0.5) is 0 Å². The Balaban J connectivity index is 2.07. The maximum absolute atomic E-state index is 11.6. The highest BCUT2D eigenvalue weighted by atomic mass is 16.3. The van der Waals surface area contributed by atoms with Gasteiger partial charge < -0.3 is 21.6 Å². The summed E-state index contributed by atoms with van der Waals surface area (Å²) in [4.78, 5) is 11.6. The van der Waals surface area contributed by atoms with Crippen molar-refractivity contribution in [2.45, 2.75) is 18.8 Å². The van der Waals surface area contributed by atoms with Crippen molar-refractivity contribution in [1.29, 1.82) is 0 Å². The molecule has 0 saturated carbocycles. The molecule has 7 heteroatoms. The molecule has 1 aliphatic carbocycles. The van der Waals surface area contributed by atoms with E-state index in [1.54, 1.807) is 0 Å². The molecule has 118 valence electrons. The molecule has 0 bridgehead atoms. The van der Waals surface area contributed by atoms with Crippen LogP contribution in [0.2, 0.25) is 0 Å². The summed E-state index contributed by atoms with van der Waals surface area (Å²) in [7, 11) is 0. The Kier molecular flexibility index (Phi) is 3.84. The Labute approximate surface area is 132 Å². The minimum Gasteiger partial charge on any atom is -0.468 e. The molecule has 0 fully saturated rings. The van der Waals surface area contributed by atoms with Crippen molar-refractivity contribution in [1.82, 2.24) is 0 Å². The zero-order valence-corrected chi connectivity index (χ0v) is 12.4. The van der Waals surface area contributed by atoms with Crippen LogP contribution in [0.25, 0.3) is 0 Å². The van der Waals surface area contributed by atoms with E-state index in [1.165, 1.54) is 6.26 Å². The molecule has 1 amide bonds. The molecule has 1 aliphatic rings. The number of amides is 1. The zero-order valence-electron chi connectivity index (χ0n) is 12.4. The molecule has 7 nitrogen and oxygen atoms in total. The number of nitrogens with two attached hydrogens (primary N) is 3. The van der Waals surface area contributed by atoms with E-state index in [4.69, 9.17) is 21.6 Å². The van der Waals surface area contributed by atoms with E-state index >= 15 is 0 Å². The van der Waals surface area contributed by atoms with Crippen LogP contribution in [0.5, 0.6) is 0 Å². The van der Waals surface area contributed by atoms with Crippen LogP contribution in [-0.2, 0) is 6.42 Å². The van der Waals surface area contributed by atoms with Crippen LogP contribution < -0.4 is 17.2 Å². The molecule has 2 aromatic rings. The number of hydrogen-bond donors (Lipinski definition) is 3. The summed E-state index contributed by atoms with van der Waals surface area (Å²) in [5, 5.41) is 7.82.